The Labute approximate surface area is 65.4 Å². The van der Waals surface area contributed by atoms with Crippen molar-refractivity contribution in [3.05, 3.63) is 17.6 Å². The number of rotatable bonds is 0. The zero-order chi connectivity index (χ0) is 8.65. The summed E-state index contributed by atoms with van der Waals surface area (Å²) in [5.41, 5.74) is 0.115. The van der Waals surface area contributed by atoms with Gasteiger partial charge in [-0.25, -0.2) is 4.98 Å². The van der Waals surface area contributed by atoms with Crippen LogP contribution in [0, 0.1) is 12.9 Å². The highest BCUT2D eigenvalue weighted by molar-refractivity contribution is 5.03. The Balaban J connectivity index is 3.08. The lowest BCUT2D eigenvalue weighted by Crippen LogP contribution is -2.11. The van der Waals surface area contributed by atoms with Crippen molar-refractivity contribution in [2.24, 2.45) is 0 Å². The molecule has 0 amide bonds. The minimum absolute atomic E-state index is 0.213. The van der Waals surface area contributed by atoms with Gasteiger partial charge in [0.2, 0.25) is 5.89 Å². The maximum Gasteiger partial charge on any atom is 0.301 e. The summed E-state index contributed by atoms with van der Waals surface area (Å²) in [5, 5.41) is 0. The molecule has 0 saturated heterocycles. The van der Waals surface area contributed by atoms with Crippen molar-refractivity contribution in [2.45, 2.75) is 33.1 Å². The van der Waals surface area contributed by atoms with Crippen LogP contribution in [-0.4, -0.2) is 4.98 Å². The normalized spacial score (nSPS) is 12.1. The molecule has 0 N–H and O–H groups in total. The van der Waals surface area contributed by atoms with Crippen LogP contribution in [0.1, 0.15) is 32.4 Å². The van der Waals surface area contributed by atoms with Gasteiger partial charge in [0.25, 0.3) is 0 Å². The first-order valence-corrected chi connectivity index (χ1v) is 3.54. The van der Waals surface area contributed by atoms with Crippen molar-refractivity contribution in [3.8, 4) is 0 Å². The highest BCUT2D eigenvalue weighted by Gasteiger charge is 2.21. The topological polar surface area (TPSA) is 26.0 Å². The molecule has 0 aliphatic rings. The lowest BCUT2D eigenvalue weighted by atomic mass is 9.97. The van der Waals surface area contributed by atoms with Crippen molar-refractivity contribution >= 4 is 0 Å². The summed E-state index contributed by atoms with van der Waals surface area (Å²) >= 11 is 0. The molecule has 3 heteroatoms. The summed E-state index contributed by atoms with van der Waals surface area (Å²) in [6, 6.07) is -0.574. The monoisotopic (exact) mass is 157 g/mol. The Kier molecular flexibility index (Phi) is 1.74. The highest BCUT2D eigenvalue weighted by Crippen LogP contribution is 2.22. The van der Waals surface area contributed by atoms with E-state index in [1.165, 1.54) is 0 Å². The summed E-state index contributed by atoms with van der Waals surface area (Å²) in [5.74, 6) is 0.451. The van der Waals surface area contributed by atoms with Crippen molar-refractivity contribution in [1.82, 2.24) is 4.98 Å². The van der Waals surface area contributed by atoms with Crippen molar-refractivity contribution in [3.63, 3.8) is 0 Å². The molecule has 62 valence electrons. The van der Waals surface area contributed by atoms with Gasteiger partial charge in [-0.2, -0.15) is 4.39 Å². The lowest BCUT2D eigenvalue weighted by molar-refractivity contribution is 0.296. The fourth-order valence-electron chi connectivity index (χ4n) is 0.699. The Morgan fingerprint density at radius 3 is 2.09 bits per heavy atom. The van der Waals surface area contributed by atoms with Crippen LogP contribution in [0.5, 0.6) is 0 Å². The first-order chi connectivity index (χ1) is 4.91. The van der Waals surface area contributed by atoms with E-state index in [4.69, 9.17) is 4.42 Å². The van der Waals surface area contributed by atoms with Gasteiger partial charge in [0.1, 0.15) is 5.69 Å². The molecule has 0 saturated carbocycles. The molecule has 0 fully saturated rings. The quantitative estimate of drug-likeness (QED) is 0.578. The summed E-state index contributed by atoms with van der Waals surface area (Å²) in [6.07, 6.45) is 0. The number of oxazole rings is 1. The maximum absolute atomic E-state index is 12.6. The fourth-order valence-corrected chi connectivity index (χ4v) is 0.699. The molecule has 0 atom stereocenters. The summed E-state index contributed by atoms with van der Waals surface area (Å²) in [6.45, 7) is 7.38. The summed E-state index contributed by atoms with van der Waals surface area (Å²) in [4.78, 5) is 3.94. The van der Waals surface area contributed by atoms with Gasteiger partial charge in [0, 0.05) is 5.41 Å². The first-order valence-electron chi connectivity index (χ1n) is 3.54. The minimum Gasteiger partial charge on any atom is -0.415 e. The molecule has 0 unspecified atom stereocenters. The second-order valence-electron chi connectivity index (χ2n) is 3.63. The Morgan fingerprint density at radius 2 is 1.91 bits per heavy atom. The molecule has 1 heterocycles. The van der Waals surface area contributed by atoms with E-state index in [2.05, 4.69) is 4.98 Å². The van der Waals surface area contributed by atoms with E-state index in [0.29, 0.717) is 11.6 Å². The minimum atomic E-state index is -0.574. The molecule has 0 spiro atoms. The van der Waals surface area contributed by atoms with Gasteiger partial charge in [0.15, 0.2) is 0 Å². The van der Waals surface area contributed by atoms with E-state index in [9.17, 15) is 4.39 Å². The van der Waals surface area contributed by atoms with Gasteiger partial charge in [-0.05, 0) is 6.92 Å². The molecule has 0 bridgehead atoms. The van der Waals surface area contributed by atoms with E-state index >= 15 is 0 Å². The van der Waals surface area contributed by atoms with Gasteiger partial charge >= 0.3 is 6.01 Å². The summed E-state index contributed by atoms with van der Waals surface area (Å²) < 4.78 is 17.4. The third kappa shape index (κ3) is 1.59. The second kappa shape index (κ2) is 2.32. The van der Waals surface area contributed by atoms with E-state index in [1.807, 2.05) is 20.8 Å². The van der Waals surface area contributed by atoms with Crippen LogP contribution in [0.15, 0.2) is 4.42 Å². The molecule has 0 aliphatic heterocycles. The molecule has 2 nitrogen and oxygen atoms in total. The Hall–Kier alpha value is -0.860. The predicted octanol–water partition coefficient (Wildman–Crippen LogP) is 2.42. The van der Waals surface area contributed by atoms with Crippen molar-refractivity contribution < 1.29 is 8.81 Å². The lowest BCUT2D eigenvalue weighted by Gasteiger charge is -2.11. The molecule has 0 aromatic carbocycles. The molecule has 0 aliphatic carbocycles. The zero-order valence-electron chi connectivity index (χ0n) is 7.23. The number of hydrogen-bond acceptors (Lipinski definition) is 2. The second-order valence-corrected chi connectivity index (χ2v) is 3.63. The van der Waals surface area contributed by atoms with Crippen LogP contribution in [0.4, 0.5) is 4.39 Å². The predicted molar refractivity (Wildman–Crippen MR) is 39.9 cm³/mol. The third-order valence-corrected chi connectivity index (χ3v) is 1.38. The van der Waals surface area contributed by atoms with Gasteiger partial charge in [-0.1, -0.05) is 20.8 Å². The van der Waals surface area contributed by atoms with E-state index in [1.54, 1.807) is 6.92 Å². The van der Waals surface area contributed by atoms with Crippen molar-refractivity contribution in [2.75, 3.05) is 0 Å². The Bertz CT molecular complexity index is 240. The average Bonchev–Trinajstić information content (AvgIpc) is 2.11. The first kappa shape index (κ1) is 8.24. The van der Waals surface area contributed by atoms with Gasteiger partial charge in [-0.15, -0.1) is 0 Å². The van der Waals surface area contributed by atoms with E-state index < -0.39 is 6.01 Å². The van der Waals surface area contributed by atoms with Gasteiger partial charge in [-0.3, -0.25) is 0 Å². The standard InChI is InChI=1S/C8H12FNO/c1-5-6(9)11-7(10-5)8(2,3)4/h1-4H3. The number of hydrogen-bond donors (Lipinski definition) is 0. The third-order valence-electron chi connectivity index (χ3n) is 1.38. The van der Waals surface area contributed by atoms with Crippen molar-refractivity contribution in [1.29, 1.82) is 0 Å². The van der Waals surface area contributed by atoms with Crippen LogP contribution >= 0.6 is 0 Å². The number of aromatic nitrogens is 1. The molecule has 1 aromatic heterocycles. The largest absolute Gasteiger partial charge is 0.415 e. The van der Waals surface area contributed by atoms with Crippen LogP contribution in [0.2, 0.25) is 0 Å². The zero-order valence-corrected chi connectivity index (χ0v) is 7.23. The average molecular weight is 157 g/mol. The van der Waals surface area contributed by atoms with E-state index in [0.717, 1.165) is 0 Å². The SMILES string of the molecule is Cc1nc(C(C)(C)C)oc1F. The number of nitrogens with zero attached hydrogens (tertiary/aromatic N) is 1. The number of halogens is 1. The summed E-state index contributed by atoms with van der Waals surface area (Å²) in [7, 11) is 0. The van der Waals surface area contributed by atoms with Crippen LogP contribution in [0.25, 0.3) is 0 Å². The van der Waals surface area contributed by atoms with Crippen LogP contribution in [-0.2, 0) is 5.41 Å². The van der Waals surface area contributed by atoms with Crippen LogP contribution in [0.3, 0.4) is 0 Å². The smallest absolute Gasteiger partial charge is 0.301 e. The Morgan fingerprint density at radius 1 is 1.36 bits per heavy atom. The molecule has 1 aromatic rings. The molecule has 1 rings (SSSR count). The van der Waals surface area contributed by atoms with Gasteiger partial charge < -0.3 is 4.42 Å². The molecule has 0 radical (unpaired) electrons. The van der Waals surface area contributed by atoms with Gasteiger partial charge in [0.05, 0.1) is 0 Å². The fraction of sp³-hybridized carbons (Fsp3) is 0.625. The maximum atomic E-state index is 12.6. The van der Waals surface area contributed by atoms with Crippen LogP contribution < -0.4 is 0 Å². The molecule has 11 heavy (non-hydrogen) atoms. The number of aryl methyl sites for hydroxylation is 1. The molecular formula is C8H12FNO. The molecular weight excluding hydrogens is 145 g/mol. The highest BCUT2D eigenvalue weighted by atomic mass is 19.1. The van der Waals surface area contributed by atoms with E-state index in [-0.39, 0.29) is 5.41 Å².